The van der Waals surface area contributed by atoms with Gasteiger partial charge in [0.15, 0.2) is 0 Å². The molecule has 0 aliphatic heterocycles. The van der Waals surface area contributed by atoms with E-state index in [1.807, 2.05) is 0 Å². The van der Waals surface area contributed by atoms with Crippen molar-refractivity contribution in [2.24, 2.45) is 0 Å². The molecule has 0 bridgehead atoms. The second-order valence-corrected chi connectivity index (χ2v) is 7.00. The fourth-order valence-electron chi connectivity index (χ4n) is 1.85. The summed E-state index contributed by atoms with van der Waals surface area (Å²) in [4.78, 5) is 12.1. The molecule has 0 aliphatic rings. The summed E-state index contributed by atoms with van der Waals surface area (Å²) in [5, 5.41) is 1.57. The van der Waals surface area contributed by atoms with Crippen LogP contribution in [-0.4, -0.2) is 15.4 Å². The average molecular weight is 358 g/mol. The maximum atomic E-state index is 13.7. The van der Waals surface area contributed by atoms with Crippen LogP contribution in [0, 0.1) is 11.6 Å². The summed E-state index contributed by atoms with van der Waals surface area (Å²) in [6.07, 6.45) is 0. The molecule has 122 valence electrons. The van der Waals surface area contributed by atoms with Gasteiger partial charge in [-0.15, -0.1) is 0 Å². The van der Waals surface area contributed by atoms with Crippen LogP contribution in [0.5, 0.6) is 0 Å². The predicted molar refractivity (Wildman–Crippen MR) is 87.7 cm³/mol. The molecule has 3 nitrogen and oxygen atoms in total. The van der Waals surface area contributed by atoms with E-state index >= 15 is 0 Å². The van der Waals surface area contributed by atoms with E-state index in [4.69, 9.17) is 11.6 Å². The summed E-state index contributed by atoms with van der Waals surface area (Å²) in [6.45, 7) is 1.43. The average Bonchev–Trinajstić information content (AvgIpc) is 2.52. The fraction of sp³-hybridized carbons (Fsp3) is 0.188. The number of carbonyl (C=O) groups is 1. The van der Waals surface area contributed by atoms with Crippen LogP contribution in [0.4, 0.5) is 14.5 Å². The van der Waals surface area contributed by atoms with Crippen molar-refractivity contribution in [3.8, 4) is 0 Å². The van der Waals surface area contributed by atoms with Gasteiger partial charge in [0, 0.05) is 21.4 Å². The Morgan fingerprint density at radius 2 is 1.83 bits per heavy atom. The minimum absolute atomic E-state index is 0.00488. The second-order valence-electron chi connectivity index (χ2n) is 4.84. The second kappa shape index (κ2) is 7.66. The molecule has 2 rings (SSSR count). The summed E-state index contributed by atoms with van der Waals surface area (Å²) in [5.41, 5.74) is 0.100. The number of hydrogen-bond donors (Lipinski definition) is 1. The molecule has 0 saturated carbocycles. The summed E-state index contributed by atoms with van der Waals surface area (Å²) in [5.74, 6) is -1.97. The highest BCUT2D eigenvalue weighted by atomic mass is 35.5. The molecular weight excluding hydrogens is 344 g/mol. The van der Waals surface area contributed by atoms with Crippen LogP contribution >= 0.6 is 11.6 Å². The first-order valence-corrected chi connectivity index (χ1v) is 8.51. The molecule has 0 unspecified atom stereocenters. The van der Waals surface area contributed by atoms with Gasteiger partial charge >= 0.3 is 0 Å². The third kappa shape index (κ3) is 4.36. The van der Waals surface area contributed by atoms with Gasteiger partial charge in [-0.1, -0.05) is 29.8 Å². The lowest BCUT2D eigenvalue weighted by Crippen LogP contribution is -2.30. The van der Waals surface area contributed by atoms with E-state index in [0.717, 1.165) is 0 Å². The van der Waals surface area contributed by atoms with Gasteiger partial charge in [0.05, 0.1) is 11.4 Å². The molecule has 0 saturated heterocycles. The lowest BCUT2D eigenvalue weighted by atomic mass is 10.2. The number of anilines is 1. The third-order valence-electron chi connectivity index (χ3n) is 3.24. The number of hydrogen-bond acceptors (Lipinski definition) is 2. The lowest BCUT2D eigenvalue weighted by Gasteiger charge is -2.13. The highest BCUT2D eigenvalue weighted by Gasteiger charge is 2.23. The number of rotatable bonds is 5. The van der Waals surface area contributed by atoms with Crippen molar-refractivity contribution < 1.29 is 17.8 Å². The number of amides is 1. The van der Waals surface area contributed by atoms with Crippen molar-refractivity contribution >= 4 is 34.0 Å². The molecule has 0 heterocycles. The van der Waals surface area contributed by atoms with E-state index < -0.39 is 33.6 Å². The van der Waals surface area contributed by atoms with Crippen molar-refractivity contribution in [3.05, 3.63) is 64.7 Å². The normalized spacial score (nSPS) is 13.4. The van der Waals surface area contributed by atoms with E-state index in [9.17, 15) is 17.8 Å². The monoisotopic (exact) mass is 357 g/mol. The Labute approximate surface area is 140 Å². The highest BCUT2D eigenvalue weighted by Crippen LogP contribution is 2.22. The Morgan fingerprint density at radius 3 is 2.48 bits per heavy atom. The van der Waals surface area contributed by atoms with Crippen LogP contribution in [0.3, 0.4) is 0 Å². The number of nitrogens with one attached hydrogen (secondary N) is 1. The maximum absolute atomic E-state index is 13.7. The van der Waals surface area contributed by atoms with Crippen molar-refractivity contribution in [3.63, 3.8) is 0 Å². The van der Waals surface area contributed by atoms with Gasteiger partial charge < -0.3 is 5.32 Å². The minimum atomic E-state index is -1.71. The molecule has 7 heteroatoms. The molecule has 1 N–H and O–H groups in total. The summed E-state index contributed by atoms with van der Waals surface area (Å²) >= 11 is 5.88. The summed E-state index contributed by atoms with van der Waals surface area (Å²) < 4.78 is 39.5. The molecular formula is C16H14ClF2NO2S. The first kappa shape index (κ1) is 17.6. The highest BCUT2D eigenvalue weighted by molar-refractivity contribution is 7.85. The Balaban J connectivity index is 2.07. The van der Waals surface area contributed by atoms with Crippen molar-refractivity contribution in [1.82, 2.24) is 0 Å². The summed E-state index contributed by atoms with van der Waals surface area (Å²) in [7, 11) is -1.71. The van der Waals surface area contributed by atoms with E-state index in [1.54, 1.807) is 6.07 Å². The molecule has 1 amide bonds. The fourth-order valence-corrected chi connectivity index (χ4v) is 3.29. The largest absolute Gasteiger partial charge is 0.323 e. The molecule has 0 radical (unpaired) electrons. The first-order chi connectivity index (χ1) is 10.9. The standard InChI is InChI=1S/C16H14ClF2NO2S/c1-10(16(21)20-15-8-3-2-6-14(15)19)23(22)9-11-12(17)5-4-7-13(11)18/h2-8,10H,9H2,1H3,(H,20,21)/t10-,23-/m1/s1. The number of halogens is 3. The topological polar surface area (TPSA) is 46.2 Å². The SMILES string of the molecule is C[C@H](C(=O)Nc1ccccc1F)[S@](=O)Cc1c(F)cccc1Cl. The molecule has 2 atom stereocenters. The Hall–Kier alpha value is -1.79. The van der Waals surface area contributed by atoms with Gasteiger partial charge in [-0.2, -0.15) is 0 Å². The van der Waals surface area contributed by atoms with Gasteiger partial charge in [0.2, 0.25) is 5.91 Å². The van der Waals surface area contributed by atoms with Crippen molar-refractivity contribution in [2.45, 2.75) is 17.9 Å². The van der Waals surface area contributed by atoms with Crippen LogP contribution in [0.15, 0.2) is 42.5 Å². The van der Waals surface area contributed by atoms with Gasteiger partial charge in [0.1, 0.15) is 16.9 Å². The Kier molecular flexibility index (Phi) is 5.85. The summed E-state index contributed by atoms with van der Waals surface area (Å²) in [6, 6.07) is 9.81. The molecule has 2 aromatic rings. The zero-order valence-corrected chi connectivity index (χ0v) is 13.8. The van der Waals surface area contributed by atoms with E-state index in [2.05, 4.69) is 5.32 Å². The van der Waals surface area contributed by atoms with Gasteiger partial charge in [-0.3, -0.25) is 9.00 Å². The van der Waals surface area contributed by atoms with Gasteiger partial charge in [0.25, 0.3) is 0 Å². The maximum Gasteiger partial charge on any atom is 0.239 e. The molecule has 0 aromatic heterocycles. The number of para-hydroxylation sites is 1. The molecule has 0 aliphatic carbocycles. The molecule has 0 fully saturated rings. The number of carbonyl (C=O) groups excluding carboxylic acids is 1. The van der Waals surface area contributed by atoms with E-state index in [-0.39, 0.29) is 22.0 Å². The van der Waals surface area contributed by atoms with Crippen molar-refractivity contribution in [1.29, 1.82) is 0 Å². The van der Waals surface area contributed by atoms with Gasteiger partial charge in [-0.05, 0) is 31.2 Å². The first-order valence-electron chi connectivity index (χ1n) is 6.75. The quantitative estimate of drug-likeness (QED) is 0.882. The molecule has 23 heavy (non-hydrogen) atoms. The minimum Gasteiger partial charge on any atom is -0.323 e. The Morgan fingerprint density at radius 1 is 1.17 bits per heavy atom. The zero-order chi connectivity index (χ0) is 17.0. The van der Waals surface area contributed by atoms with Crippen molar-refractivity contribution in [2.75, 3.05) is 5.32 Å². The third-order valence-corrected chi connectivity index (χ3v) is 5.17. The Bertz CT molecular complexity index is 734. The van der Waals surface area contributed by atoms with E-state index in [1.165, 1.54) is 43.3 Å². The zero-order valence-electron chi connectivity index (χ0n) is 12.2. The van der Waals surface area contributed by atoms with Crippen LogP contribution in [-0.2, 0) is 21.3 Å². The predicted octanol–water partition coefficient (Wildman–Crippen LogP) is 3.89. The number of benzene rings is 2. The van der Waals surface area contributed by atoms with Crippen LogP contribution in [0.1, 0.15) is 12.5 Å². The smallest absolute Gasteiger partial charge is 0.239 e. The van der Waals surface area contributed by atoms with Crippen LogP contribution in [0.25, 0.3) is 0 Å². The lowest BCUT2D eigenvalue weighted by molar-refractivity contribution is -0.115. The van der Waals surface area contributed by atoms with Crippen LogP contribution < -0.4 is 5.32 Å². The van der Waals surface area contributed by atoms with E-state index in [0.29, 0.717) is 0 Å². The molecule has 2 aromatic carbocycles. The van der Waals surface area contributed by atoms with Gasteiger partial charge in [-0.25, -0.2) is 8.78 Å². The van der Waals surface area contributed by atoms with Crippen LogP contribution in [0.2, 0.25) is 5.02 Å². The molecule has 0 spiro atoms.